The monoisotopic (exact) mass is 249 g/mol. The zero-order chi connectivity index (χ0) is 13.1. The Morgan fingerprint density at radius 2 is 2.22 bits per heavy atom. The van der Waals surface area contributed by atoms with Gasteiger partial charge in [-0.2, -0.15) is 5.10 Å². The third-order valence-corrected chi connectivity index (χ3v) is 2.28. The first-order chi connectivity index (χ1) is 8.60. The summed E-state index contributed by atoms with van der Waals surface area (Å²) in [6, 6.07) is 1.54. The average Bonchev–Trinajstić information content (AvgIpc) is 2.98. The summed E-state index contributed by atoms with van der Waals surface area (Å²) in [5.41, 5.74) is 7.72. The lowest BCUT2D eigenvalue weighted by Crippen LogP contribution is -2.29. The molecule has 18 heavy (non-hydrogen) atoms. The van der Waals surface area contributed by atoms with Crippen molar-refractivity contribution in [2.75, 3.05) is 0 Å². The van der Waals surface area contributed by atoms with E-state index in [9.17, 15) is 9.59 Å². The molecule has 2 amide bonds. The summed E-state index contributed by atoms with van der Waals surface area (Å²) in [5, 5.41) is 3.94. The van der Waals surface area contributed by atoms with E-state index >= 15 is 0 Å². The molecule has 8 heteroatoms. The molecule has 0 radical (unpaired) electrons. The highest BCUT2D eigenvalue weighted by molar-refractivity contribution is 5.93. The van der Waals surface area contributed by atoms with Gasteiger partial charge < -0.3 is 10.2 Å². The van der Waals surface area contributed by atoms with Crippen molar-refractivity contribution < 1.29 is 14.0 Å². The Balaban J connectivity index is 2.11. The fourth-order valence-corrected chi connectivity index (χ4v) is 1.40. The summed E-state index contributed by atoms with van der Waals surface area (Å²) >= 11 is 0. The molecule has 2 aromatic rings. The molecule has 0 aliphatic heterocycles. The number of nitrogens with zero attached hydrogens (tertiary/aromatic N) is 2. The number of hydrogen-bond acceptors (Lipinski definition) is 5. The van der Waals surface area contributed by atoms with E-state index in [2.05, 4.69) is 5.10 Å². The highest BCUT2D eigenvalue weighted by Gasteiger charge is 2.10. The highest BCUT2D eigenvalue weighted by atomic mass is 16.3. The lowest BCUT2D eigenvalue weighted by molar-refractivity contribution is 0.0951. The summed E-state index contributed by atoms with van der Waals surface area (Å²) in [5.74, 6) is 4.51. The topological polar surface area (TPSA) is 129 Å². The number of amides is 2. The standard InChI is InChI=1S/C10H11N5O3/c11-9(16)7-2-13-15(3-7)4-8-1-6(5-18-8)10(17)14-12/h1-3,5H,4,12H2,(H2,11,16)(H,14,17). The first kappa shape index (κ1) is 11.9. The van der Waals surface area contributed by atoms with Crippen LogP contribution >= 0.6 is 0 Å². The number of nitrogens with one attached hydrogen (secondary N) is 1. The van der Waals surface area contributed by atoms with E-state index in [0.717, 1.165) is 0 Å². The largest absolute Gasteiger partial charge is 0.467 e. The number of nitrogen functional groups attached to an aromatic ring is 1. The van der Waals surface area contributed by atoms with Crippen LogP contribution in [0.2, 0.25) is 0 Å². The minimum atomic E-state index is -0.552. The molecule has 0 unspecified atom stereocenters. The predicted molar refractivity (Wildman–Crippen MR) is 60.2 cm³/mol. The van der Waals surface area contributed by atoms with Gasteiger partial charge in [-0.05, 0) is 6.07 Å². The minimum absolute atomic E-state index is 0.283. The van der Waals surface area contributed by atoms with Gasteiger partial charge in [-0.3, -0.25) is 19.7 Å². The van der Waals surface area contributed by atoms with Crippen LogP contribution in [0.25, 0.3) is 0 Å². The van der Waals surface area contributed by atoms with Crippen LogP contribution < -0.4 is 17.0 Å². The van der Waals surface area contributed by atoms with Crippen LogP contribution in [0, 0.1) is 0 Å². The SMILES string of the molecule is NNC(=O)c1coc(Cn2cc(C(N)=O)cn2)c1. The molecular weight excluding hydrogens is 238 g/mol. The molecule has 0 saturated heterocycles. The van der Waals surface area contributed by atoms with Crippen LogP contribution in [0.15, 0.2) is 29.1 Å². The molecular formula is C10H11N5O3. The maximum absolute atomic E-state index is 11.2. The zero-order valence-corrected chi connectivity index (χ0v) is 9.29. The molecule has 5 N–H and O–H groups in total. The van der Waals surface area contributed by atoms with Gasteiger partial charge >= 0.3 is 0 Å². The fourth-order valence-electron chi connectivity index (χ4n) is 1.40. The Morgan fingerprint density at radius 1 is 1.44 bits per heavy atom. The Bertz CT molecular complexity index is 586. The Hall–Kier alpha value is -2.61. The number of hydrazine groups is 1. The molecule has 94 valence electrons. The molecule has 0 bridgehead atoms. The second-order valence-electron chi connectivity index (χ2n) is 3.57. The predicted octanol–water partition coefficient (Wildman–Crippen LogP) is -0.773. The first-order valence-electron chi connectivity index (χ1n) is 5.00. The Kier molecular flexibility index (Phi) is 3.11. The molecule has 2 heterocycles. The van der Waals surface area contributed by atoms with Gasteiger partial charge in [-0.15, -0.1) is 0 Å². The highest BCUT2D eigenvalue weighted by Crippen LogP contribution is 2.09. The van der Waals surface area contributed by atoms with Crippen molar-refractivity contribution >= 4 is 11.8 Å². The molecule has 0 aliphatic carbocycles. The van der Waals surface area contributed by atoms with Gasteiger partial charge in [0.05, 0.1) is 23.9 Å². The van der Waals surface area contributed by atoms with E-state index < -0.39 is 11.8 Å². The summed E-state index contributed by atoms with van der Waals surface area (Å²) in [4.78, 5) is 22.1. The molecule has 0 atom stereocenters. The maximum atomic E-state index is 11.2. The molecule has 0 spiro atoms. The van der Waals surface area contributed by atoms with Gasteiger partial charge in [-0.25, -0.2) is 5.84 Å². The number of carbonyl (C=O) groups is 2. The third kappa shape index (κ3) is 2.38. The van der Waals surface area contributed by atoms with Crippen molar-refractivity contribution in [1.29, 1.82) is 0 Å². The number of rotatable bonds is 4. The van der Waals surface area contributed by atoms with E-state index in [4.69, 9.17) is 16.0 Å². The van der Waals surface area contributed by atoms with Crippen LogP contribution in [0.3, 0.4) is 0 Å². The van der Waals surface area contributed by atoms with Gasteiger partial charge in [0, 0.05) is 6.20 Å². The zero-order valence-electron chi connectivity index (χ0n) is 9.29. The summed E-state index contributed by atoms with van der Waals surface area (Å²) in [6.07, 6.45) is 4.14. The first-order valence-corrected chi connectivity index (χ1v) is 5.00. The van der Waals surface area contributed by atoms with Crippen LogP contribution in [-0.2, 0) is 6.54 Å². The molecule has 0 saturated carbocycles. The van der Waals surface area contributed by atoms with Crippen LogP contribution in [0.4, 0.5) is 0 Å². The smallest absolute Gasteiger partial charge is 0.268 e. The molecule has 2 aromatic heterocycles. The number of hydrogen-bond donors (Lipinski definition) is 3. The van der Waals surface area contributed by atoms with Gasteiger partial charge in [0.1, 0.15) is 12.0 Å². The minimum Gasteiger partial charge on any atom is -0.467 e. The Labute approximate surface area is 102 Å². The summed E-state index contributed by atoms with van der Waals surface area (Å²) in [7, 11) is 0. The summed E-state index contributed by atoms with van der Waals surface area (Å²) < 4.78 is 6.64. The van der Waals surface area contributed by atoms with Gasteiger partial charge in [0.25, 0.3) is 11.8 Å². The normalized spacial score (nSPS) is 10.3. The maximum Gasteiger partial charge on any atom is 0.268 e. The van der Waals surface area contributed by atoms with Crippen LogP contribution in [0.1, 0.15) is 26.5 Å². The number of carbonyl (C=O) groups excluding carboxylic acids is 2. The van der Waals surface area contributed by atoms with Crippen molar-refractivity contribution in [3.63, 3.8) is 0 Å². The molecule has 2 rings (SSSR count). The van der Waals surface area contributed by atoms with Crippen molar-refractivity contribution in [2.45, 2.75) is 6.54 Å². The lowest BCUT2D eigenvalue weighted by atomic mass is 10.3. The van der Waals surface area contributed by atoms with E-state index in [-0.39, 0.29) is 6.54 Å². The number of nitrogens with two attached hydrogens (primary N) is 2. The second kappa shape index (κ2) is 4.72. The second-order valence-corrected chi connectivity index (χ2v) is 3.57. The fraction of sp³-hybridized carbons (Fsp3) is 0.100. The van der Waals surface area contributed by atoms with Gasteiger partial charge in [-0.1, -0.05) is 0 Å². The molecule has 0 fully saturated rings. The molecule has 8 nitrogen and oxygen atoms in total. The van der Waals surface area contributed by atoms with Gasteiger partial charge in [0.2, 0.25) is 0 Å². The average molecular weight is 249 g/mol. The van der Waals surface area contributed by atoms with Gasteiger partial charge in [0.15, 0.2) is 0 Å². The van der Waals surface area contributed by atoms with Crippen molar-refractivity contribution in [3.05, 3.63) is 41.6 Å². The van der Waals surface area contributed by atoms with E-state index in [0.29, 0.717) is 16.9 Å². The van der Waals surface area contributed by atoms with Crippen molar-refractivity contribution in [3.8, 4) is 0 Å². The third-order valence-electron chi connectivity index (χ3n) is 2.28. The van der Waals surface area contributed by atoms with Crippen molar-refractivity contribution in [2.24, 2.45) is 11.6 Å². The van der Waals surface area contributed by atoms with E-state index in [1.54, 1.807) is 0 Å². The number of furan rings is 1. The lowest BCUT2D eigenvalue weighted by Gasteiger charge is -1.96. The quantitative estimate of drug-likeness (QED) is 0.372. The molecule has 0 aromatic carbocycles. The van der Waals surface area contributed by atoms with E-state index in [1.165, 1.54) is 29.4 Å². The summed E-state index contributed by atoms with van der Waals surface area (Å²) in [6.45, 7) is 0.283. The van der Waals surface area contributed by atoms with Crippen LogP contribution in [-0.4, -0.2) is 21.6 Å². The number of primary amides is 1. The Morgan fingerprint density at radius 3 is 2.83 bits per heavy atom. The van der Waals surface area contributed by atoms with Crippen LogP contribution in [0.5, 0.6) is 0 Å². The number of aromatic nitrogens is 2. The van der Waals surface area contributed by atoms with E-state index in [1.807, 2.05) is 5.43 Å². The van der Waals surface area contributed by atoms with Crippen molar-refractivity contribution in [1.82, 2.24) is 15.2 Å². The molecule has 0 aliphatic rings.